The minimum atomic E-state index is -2.49. The second-order valence-electron chi connectivity index (χ2n) is 7.99. The second kappa shape index (κ2) is 9.47. The first kappa shape index (κ1) is 22.1. The van der Waals surface area contributed by atoms with Gasteiger partial charge in [0, 0.05) is 32.3 Å². The van der Waals surface area contributed by atoms with Crippen LogP contribution in [0.15, 0.2) is 69.9 Å². The van der Waals surface area contributed by atoms with Crippen LogP contribution in [-0.2, 0) is 4.79 Å². The molecule has 1 N–H and O–H groups in total. The monoisotopic (exact) mass is 430 g/mol. The number of nitrogens with zero attached hydrogens (tertiary/aromatic N) is 6. The van der Waals surface area contributed by atoms with Gasteiger partial charge in [0.2, 0.25) is 0 Å². The maximum absolute atomic E-state index is 13.2. The lowest BCUT2D eigenvalue weighted by atomic mass is 9.86. The SMILES string of the molecule is C[Si](C)(O)C1C/C(=C/c2ccc(N=[N+]=[N-])cc2)C(=O)/C(=C/c2ccc(N=[N+]=[N-])cc2)C1. The average Bonchev–Trinajstić information content (AvgIpc) is 2.73. The van der Waals surface area contributed by atoms with Crippen molar-refractivity contribution in [3.8, 4) is 0 Å². The zero-order valence-electron chi connectivity index (χ0n) is 17.3. The molecule has 0 spiro atoms. The van der Waals surface area contributed by atoms with Crippen LogP contribution in [0.3, 0.4) is 0 Å². The van der Waals surface area contributed by atoms with E-state index in [-0.39, 0.29) is 11.3 Å². The van der Waals surface area contributed by atoms with Crippen LogP contribution in [0.2, 0.25) is 18.6 Å². The van der Waals surface area contributed by atoms with E-state index in [0.29, 0.717) is 35.4 Å². The van der Waals surface area contributed by atoms with E-state index in [0.717, 1.165) is 11.1 Å². The molecule has 1 fully saturated rings. The average molecular weight is 431 g/mol. The highest BCUT2D eigenvalue weighted by Gasteiger charge is 2.37. The Hall–Kier alpha value is -3.61. The molecular formula is C22H22N6O2Si. The van der Waals surface area contributed by atoms with E-state index < -0.39 is 8.32 Å². The quantitative estimate of drug-likeness (QED) is 0.180. The number of allylic oxidation sites excluding steroid dienone is 2. The molecule has 2 aromatic carbocycles. The van der Waals surface area contributed by atoms with Gasteiger partial charge in [0.1, 0.15) is 0 Å². The van der Waals surface area contributed by atoms with E-state index in [1.54, 1.807) is 48.5 Å². The Labute approximate surface area is 180 Å². The summed E-state index contributed by atoms with van der Waals surface area (Å²) >= 11 is 0. The number of Topliss-reactive ketones (excluding diaryl/α,β-unsaturated/α-hetero) is 1. The summed E-state index contributed by atoms with van der Waals surface area (Å²) in [5, 5.41) is 7.12. The van der Waals surface area contributed by atoms with E-state index in [9.17, 15) is 9.59 Å². The van der Waals surface area contributed by atoms with Gasteiger partial charge in [-0.3, -0.25) is 4.79 Å². The Morgan fingerprint density at radius 3 is 1.58 bits per heavy atom. The van der Waals surface area contributed by atoms with Crippen LogP contribution in [0.25, 0.3) is 33.0 Å². The molecule has 1 saturated carbocycles. The molecular weight excluding hydrogens is 408 g/mol. The first-order chi connectivity index (χ1) is 14.8. The van der Waals surface area contributed by atoms with Crippen molar-refractivity contribution in [2.24, 2.45) is 10.2 Å². The third-order valence-electron chi connectivity index (χ3n) is 5.30. The van der Waals surface area contributed by atoms with Gasteiger partial charge in [-0.1, -0.05) is 58.8 Å². The van der Waals surface area contributed by atoms with Gasteiger partial charge in [0.15, 0.2) is 14.1 Å². The predicted molar refractivity (Wildman–Crippen MR) is 124 cm³/mol. The van der Waals surface area contributed by atoms with Crippen molar-refractivity contribution in [2.75, 3.05) is 0 Å². The first-order valence-electron chi connectivity index (χ1n) is 9.78. The van der Waals surface area contributed by atoms with Gasteiger partial charge >= 0.3 is 0 Å². The molecule has 8 nitrogen and oxygen atoms in total. The largest absolute Gasteiger partial charge is 0.432 e. The third-order valence-corrected chi connectivity index (χ3v) is 7.71. The summed E-state index contributed by atoms with van der Waals surface area (Å²) in [4.78, 5) is 29.5. The van der Waals surface area contributed by atoms with E-state index in [1.165, 1.54) is 0 Å². The van der Waals surface area contributed by atoms with Crippen LogP contribution >= 0.6 is 0 Å². The summed E-state index contributed by atoms with van der Waals surface area (Å²) in [6.45, 7) is 3.79. The molecule has 0 amide bonds. The van der Waals surface area contributed by atoms with E-state index >= 15 is 0 Å². The van der Waals surface area contributed by atoms with Crippen LogP contribution in [-0.4, -0.2) is 18.9 Å². The van der Waals surface area contributed by atoms with Crippen molar-refractivity contribution >= 4 is 37.6 Å². The molecule has 9 heteroatoms. The van der Waals surface area contributed by atoms with Gasteiger partial charge in [-0.15, -0.1) is 0 Å². The van der Waals surface area contributed by atoms with Crippen molar-refractivity contribution < 1.29 is 9.59 Å². The van der Waals surface area contributed by atoms with Gasteiger partial charge < -0.3 is 4.80 Å². The molecule has 0 aliphatic heterocycles. The number of ketones is 1. The highest BCUT2D eigenvalue weighted by atomic mass is 28.4. The molecule has 0 heterocycles. The smallest absolute Gasteiger partial charge is 0.186 e. The Kier molecular flexibility index (Phi) is 6.74. The van der Waals surface area contributed by atoms with Crippen molar-refractivity contribution in [1.29, 1.82) is 0 Å². The number of azide groups is 2. The van der Waals surface area contributed by atoms with Gasteiger partial charge in [-0.2, -0.15) is 0 Å². The fourth-order valence-electron chi connectivity index (χ4n) is 3.52. The Bertz CT molecular complexity index is 1050. The number of rotatable bonds is 5. The summed E-state index contributed by atoms with van der Waals surface area (Å²) in [5.41, 5.74) is 21.1. The molecule has 31 heavy (non-hydrogen) atoms. The molecule has 0 radical (unpaired) electrons. The number of hydrogen-bond acceptors (Lipinski definition) is 4. The van der Waals surface area contributed by atoms with Gasteiger partial charge in [0.05, 0.1) is 0 Å². The fourth-order valence-corrected chi connectivity index (χ4v) is 4.96. The fraction of sp³-hybridized carbons (Fsp3) is 0.227. The Morgan fingerprint density at radius 1 is 0.871 bits per heavy atom. The topological polar surface area (TPSA) is 135 Å². The van der Waals surface area contributed by atoms with Crippen molar-refractivity contribution in [1.82, 2.24) is 0 Å². The van der Waals surface area contributed by atoms with E-state index in [1.807, 2.05) is 25.2 Å². The zero-order chi connectivity index (χ0) is 22.4. The molecule has 1 atom stereocenters. The molecule has 3 rings (SSSR count). The minimum Gasteiger partial charge on any atom is -0.432 e. The van der Waals surface area contributed by atoms with Crippen LogP contribution in [0.4, 0.5) is 11.4 Å². The molecule has 156 valence electrons. The zero-order valence-corrected chi connectivity index (χ0v) is 18.3. The Morgan fingerprint density at radius 2 is 1.26 bits per heavy atom. The molecule has 0 bridgehead atoms. The number of benzene rings is 2. The van der Waals surface area contributed by atoms with Crippen LogP contribution < -0.4 is 0 Å². The number of hydrogen-bond donors (Lipinski definition) is 1. The lowest BCUT2D eigenvalue weighted by Crippen LogP contribution is -2.36. The maximum atomic E-state index is 13.2. The van der Waals surface area contributed by atoms with E-state index in [4.69, 9.17) is 11.1 Å². The summed E-state index contributed by atoms with van der Waals surface area (Å²) in [6, 6.07) is 14.0. The lowest BCUT2D eigenvalue weighted by molar-refractivity contribution is -0.112. The molecule has 0 aromatic heterocycles. The normalized spacial score (nSPS) is 19.1. The van der Waals surface area contributed by atoms with Crippen LogP contribution in [0.5, 0.6) is 0 Å². The summed E-state index contributed by atoms with van der Waals surface area (Å²) in [7, 11) is -2.49. The highest BCUT2D eigenvalue weighted by molar-refractivity contribution is 6.71. The van der Waals surface area contributed by atoms with Crippen LogP contribution in [0, 0.1) is 0 Å². The summed E-state index contributed by atoms with van der Waals surface area (Å²) < 4.78 is 0. The van der Waals surface area contributed by atoms with Gasteiger partial charge in [-0.05, 0) is 65.8 Å². The molecule has 0 saturated heterocycles. The van der Waals surface area contributed by atoms with Gasteiger partial charge in [-0.25, -0.2) is 0 Å². The third kappa shape index (κ3) is 5.72. The standard InChI is InChI=1S/C22H22N6O2Si/c1-31(2,30)21-13-17(11-15-3-7-19(8-4-15)25-27-23)22(29)18(14-21)12-16-5-9-20(10-6-16)26-28-24/h3-12,21,30H,13-14H2,1-2H3/b17-11-,18-12+. The summed E-state index contributed by atoms with van der Waals surface area (Å²) in [5.74, 6) is -0.0345. The number of carbonyl (C=O) groups is 1. The van der Waals surface area contributed by atoms with Crippen LogP contribution in [0.1, 0.15) is 24.0 Å². The van der Waals surface area contributed by atoms with Gasteiger partial charge in [0.25, 0.3) is 0 Å². The minimum absolute atomic E-state index is 0.0209. The molecule has 1 unspecified atom stereocenters. The summed E-state index contributed by atoms with van der Waals surface area (Å²) in [6.07, 6.45) is 4.74. The van der Waals surface area contributed by atoms with Crippen molar-refractivity contribution in [3.05, 3.63) is 91.7 Å². The molecule has 1 aliphatic rings. The van der Waals surface area contributed by atoms with Crippen molar-refractivity contribution in [3.63, 3.8) is 0 Å². The van der Waals surface area contributed by atoms with E-state index in [2.05, 4.69) is 20.1 Å². The molecule has 2 aromatic rings. The highest BCUT2D eigenvalue weighted by Crippen LogP contribution is 2.41. The molecule has 1 aliphatic carbocycles. The van der Waals surface area contributed by atoms with Crippen molar-refractivity contribution in [2.45, 2.75) is 31.5 Å². The number of carbonyl (C=O) groups excluding carboxylic acids is 1. The lowest BCUT2D eigenvalue weighted by Gasteiger charge is -2.32. The predicted octanol–water partition coefficient (Wildman–Crippen LogP) is 6.97. The second-order valence-corrected chi connectivity index (χ2v) is 12.1. The maximum Gasteiger partial charge on any atom is 0.186 e. The Balaban J connectivity index is 1.96. The first-order valence-corrected chi connectivity index (χ1v) is 12.8.